The first-order valence-electron chi connectivity index (χ1n) is 11.4. The molecule has 0 aliphatic heterocycles. The van der Waals surface area contributed by atoms with Crippen LogP contribution in [0.3, 0.4) is 0 Å². The zero-order valence-corrected chi connectivity index (χ0v) is 18.5. The molecule has 0 saturated heterocycles. The number of hydrogen-bond acceptors (Lipinski definition) is 7. The van der Waals surface area contributed by atoms with Crippen molar-refractivity contribution in [2.75, 3.05) is 0 Å². The van der Waals surface area contributed by atoms with Crippen LogP contribution >= 0.6 is 0 Å². The largest absolute Gasteiger partial charge is 0.359 e. The van der Waals surface area contributed by atoms with Crippen molar-refractivity contribution in [3.63, 3.8) is 0 Å². The monoisotopic (exact) mass is 418 g/mol. The van der Waals surface area contributed by atoms with Gasteiger partial charge in [-0.3, -0.25) is 0 Å². The van der Waals surface area contributed by atoms with Crippen molar-refractivity contribution in [3.8, 4) is 0 Å². The van der Waals surface area contributed by atoms with Crippen molar-refractivity contribution in [2.45, 2.75) is 117 Å². The number of aliphatic hydroxyl groups is 3. The molecule has 0 fully saturated rings. The van der Waals surface area contributed by atoms with E-state index in [-0.39, 0.29) is 12.8 Å². The van der Waals surface area contributed by atoms with Crippen molar-refractivity contribution < 1.29 is 34.7 Å². The molecule has 0 heterocycles. The van der Waals surface area contributed by atoms with E-state index in [0.717, 1.165) is 38.5 Å². The van der Waals surface area contributed by atoms with Crippen LogP contribution in [0.1, 0.15) is 111 Å². The lowest BCUT2D eigenvalue weighted by molar-refractivity contribution is -0.352. The Kier molecular flexibility index (Phi) is 15.9. The summed E-state index contributed by atoms with van der Waals surface area (Å²) in [6.45, 7) is 5.86. The second-order valence-corrected chi connectivity index (χ2v) is 7.89. The van der Waals surface area contributed by atoms with Gasteiger partial charge in [0.15, 0.2) is 0 Å². The minimum Gasteiger partial charge on any atom is -0.343 e. The van der Waals surface area contributed by atoms with Crippen molar-refractivity contribution in [1.29, 1.82) is 0 Å². The van der Waals surface area contributed by atoms with E-state index in [9.17, 15) is 24.9 Å². The molecule has 3 N–H and O–H groups in total. The van der Waals surface area contributed by atoms with Crippen molar-refractivity contribution in [3.05, 3.63) is 0 Å². The Hall–Kier alpha value is -1.18. The van der Waals surface area contributed by atoms with Crippen molar-refractivity contribution >= 4 is 11.9 Å². The molecule has 7 nitrogen and oxygen atoms in total. The molecule has 0 aliphatic rings. The molecule has 2 atom stereocenters. The summed E-state index contributed by atoms with van der Waals surface area (Å²) in [5.74, 6) is -6.57. The minimum absolute atomic E-state index is 0.156. The average molecular weight is 419 g/mol. The highest BCUT2D eigenvalue weighted by Gasteiger charge is 2.42. The maximum Gasteiger partial charge on any atom is 0.359 e. The zero-order valence-electron chi connectivity index (χ0n) is 18.5. The van der Waals surface area contributed by atoms with Crippen LogP contribution < -0.4 is 0 Å². The second kappa shape index (κ2) is 16.6. The fraction of sp³-hybridized carbons (Fsp3) is 0.909. The fourth-order valence-corrected chi connectivity index (χ4v) is 3.52. The van der Waals surface area contributed by atoms with Crippen LogP contribution in [-0.4, -0.2) is 33.2 Å². The lowest BCUT2D eigenvalue weighted by atomic mass is 9.84. The van der Waals surface area contributed by atoms with E-state index in [1.54, 1.807) is 6.92 Å². The Morgan fingerprint density at radius 3 is 1.79 bits per heavy atom. The van der Waals surface area contributed by atoms with Gasteiger partial charge in [-0.15, -0.1) is 0 Å². The maximum absolute atomic E-state index is 12.4. The summed E-state index contributed by atoms with van der Waals surface area (Å²) in [7, 11) is 0. The first kappa shape index (κ1) is 27.8. The third-order valence-corrected chi connectivity index (χ3v) is 5.30. The molecule has 29 heavy (non-hydrogen) atoms. The van der Waals surface area contributed by atoms with Crippen molar-refractivity contribution in [2.24, 2.45) is 11.8 Å². The third-order valence-electron chi connectivity index (χ3n) is 5.30. The summed E-state index contributed by atoms with van der Waals surface area (Å²) in [5.41, 5.74) is 0. The molecule has 0 aromatic carbocycles. The summed E-state index contributed by atoms with van der Waals surface area (Å²) < 4.78 is 0. The lowest BCUT2D eigenvalue weighted by Gasteiger charge is -2.30. The molecule has 0 aromatic heterocycles. The number of carbonyl (C=O) groups excluding carboxylic acids is 2. The number of unbranched alkanes of at least 4 members (excludes halogenated alkanes) is 9. The first-order chi connectivity index (χ1) is 13.8. The molecule has 2 unspecified atom stereocenters. The van der Waals surface area contributed by atoms with Gasteiger partial charge < -0.3 is 15.3 Å². The average Bonchev–Trinajstić information content (AvgIpc) is 2.66. The molecule has 0 aliphatic carbocycles. The van der Waals surface area contributed by atoms with Gasteiger partial charge in [0.2, 0.25) is 0 Å². The minimum atomic E-state index is -3.00. The molecular formula is C22H42O7. The van der Waals surface area contributed by atoms with E-state index in [2.05, 4.69) is 23.6 Å². The van der Waals surface area contributed by atoms with Gasteiger partial charge in [0.05, 0.1) is 18.3 Å². The normalized spacial score (nSPS) is 13.7. The molecular weight excluding hydrogens is 376 g/mol. The molecule has 172 valence electrons. The van der Waals surface area contributed by atoms with Gasteiger partial charge in [0.1, 0.15) is 0 Å². The summed E-state index contributed by atoms with van der Waals surface area (Å²) in [6.07, 6.45) is 11.7. The van der Waals surface area contributed by atoms with Crippen LogP contribution in [0, 0.1) is 11.8 Å². The van der Waals surface area contributed by atoms with Crippen LogP contribution in [0.25, 0.3) is 0 Å². The van der Waals surface area contributed by atoms with Gasteiger partial charge in [0.25, 0.3) is 5.97 Å². The van der Waals surface area contributed by atoms with E-state index >= 15 is 0 Å². The van der Waals surface area contributed by atoms with E-state index in [0.29, 0.717) is 19.3 Å². The number of rotatable bonds is 17. The molecule has 7 heteroatoms. The molecule has 0 bridgehead atoms. The number of hydrogen-bond donors (Lipinski definition) is 3. The van der Waals surface area contributed by atoms with Gasteiger partial charge in [-0.2, -0.15) is 0 Å². The topological polar surface area (TPSA) is 113 Å². The first-order valence-corrected chi connectivity index (χ1v) is 11.4. The molecule has 0 spiro atoms. The summed E-state index contributed by atoms with van der Waals surface area (Å²) >= 11 is 0. The summed E-state index contributed by atoms with van der Waals surface area (Å²) in [5, 5.41) is 28.8. The Labute approximate surface area is 175 Å². The van der Waals surface area contributed by atoms with Crippen LogP contribution in [0.5, 0.6) is 0 Å². The van der Waals surface area contributed by atoms with Gasteiger partial charge in [0, 0.05) is 0 Å². The highest BCUT2D eigenvalue weighted by Crippen LogP contribution is 2.30. The summed E-state index contributed by atoms with van der Waals surface area (Å²) in [4.78, 5) is 33.5. The van der Waals surface area contributed by atoms with Gasteiger partial charge in [-0.05, 0) is 19.3 Å². The Morgan fingerprint density at radius 2 is 1.28 bits per heavy atom. The van der Waals surface area contributed by atoms with E-state index in [1.807, 2.05) is 0 Å². The van der Waals surface area contributed by atoms with Gasteiger partial charge in [-0.25, -0.2) is 19.4 Å². The van der Waals surface area contributed by atoms with Crippen LogP contribution in [0.2, 0.25) is 0 Å². The Bertz CT molecular complexity index is 431. The highest BCUT2D eigenvalue weighted by atomic mass is 17.2. The van der Waals surface area contributed by atoms with E-state index in [4.69, 9.17) is 0 Å². The van der Waals surface area contributed by atoms with Gasteiger partial charge >= 0.3 is 11.9 Å². The van der Waals surface area contributed by atoms with E-state index in [1.165, 1.54) is 19.3 Å². The second-order valence-electron chi connectivity index (χ2n) is 7.89. The SMILES string of the molecule is CCCCCCCCCC(=O)OOC(=O)C(CCCCCC)C(CC)C(O)(O)O. The fourth-order valence-electron chi connectivity index (χ4n) is 3.52. The Balaban J connectivity index is 4.43. The predicted octanol–water partition coefficient (Wildman–Crippen LogP) is 4.37. The molecule has 0 radical (unpaired) electrons. The number of carbonyl (C=O) groups is 2. The summed E-state index contributed by atoms with van der Waals surface area (Å²) in [6, 6.07) is 0. The van der Waals surface area contributed by atoms with Gasteiger partial charge in [-0.1, -0.05) is 85.0 Å². The van der Waals surface area contributed by atoms with Crippen LogP contribution in [0.4, 0.5) is 0 Å². The zero-order chi connectivity index (χ0) is 22.1. The quantitative estimate of drug-likeness (QED) is 0.139. The van der Waals surface area contributed by atoms with Crippen LogP contribution in [0.15, 0.2) is 0 Å². The van der Waals surface area contributed by atoms with Crippen LogP contribution in [-0.2, 0) is 19.4 Å². The predicted molar refractivity (Wildman–Crippen MR) is 110 cm³/mol. The lowest BCUT2D eigenvalue weighted by Crippen LogP contribution is -2.44. The van der Waals surface area contributed by atoms with Crippen molar-refractivity contribution in [1.82, 2.24) is 0 Å². The molecule has 0 amide bonds. The maximum atomic E-state index is 12.4. The molecule has 0 saturated carbocycles. The smallest absolute Gasteiger partial charge is 0.343 e. The third kappa shape index (κ3) is 13.6. The standard InChI is InChI=1S/C22H42O7/c1-4-7-9-11-12-13-15-17-20(23)28-29-21(24)18(16-14-10-8-5-2)19(6-3)22(25,26)27/h18-19,25-27H,4-17H2,1-3H3. The Morgan fingerprint density at radius 1 is 0.759 bits per heavy atom. The highest BCUT2D eigenvalue weighted by molar-refractivity contribution is 5.74. The molecule has 0 rings (SSSR count). The van der Waals surface area contributed by atoms with E-state index < -0.39 is 29.7 Å². The molecule has 0 aromatic rings.